The van der Waals surface area contributed by atoms with Gasteiger partial charge in [-0.2, -0.15) is 0 Å². The summed E-state index contributed by atoms with van der Waals surface area (Å²) >= 11 is 0. The fourth-order valence-electron chi connectivity index (χ4n) is 2.74. The Kier molecular flexibility index (Phi) is 2.40. The van der Waals surface area contributed by atoms with Gasteiger partial charge in [0.2, 0.25) is 0 Å². The Balaban J connectivity index is 1.95. The number of fused-ring (bicyclic) bond motifs is 3. The van der Waals surface area contributed by atoms with Gasteiger partial charge >= 0.3 is 0 Å². The van der Waals surface area contributed by atoms with Gasteiger partial charge in [0, 0.05) is 11.1 Å². The zero-order valence-corrected chi connectivity index (χ0v) is 11.3. The minimum atomic E-state index is 0.913. The Labute approximate surface area is 117 Å². The molecule has 0 amide bonds. The van der Waals surface area contributed by atoms with E-state index in [9.17, 15) is 0 Å². The van der Waals surface area contributed by atoms with Crippen LogP contribution in [0.5, 0.6) is 0 Å². The van der Waals surface area contributed by atoms with Gasteiger partial charge in [0.25, 0.3) is 0 Å². The molecule has 0 bridgehead atoms. The van der Waals surface area contributed by atoms with Crippen LogP contribution in [0.2, 0.25) is 0 Å². The molecular formula is C19H14O. The van der Waals surface area contributed by atoms with E-state index >= 15 is 0 Å². The molecule has 0 unspecified atom stereocenters. The Morgan fingerprint density at radius 3 is 2.55 bits per heavy atom. The van der Waals surface area contributed by atoms with E-state index in [4.69, 9.17) is 4.42 Å². The average Bonchev–Trinajstić information content (AvgIpc) is 2.85. The molecule has 0 aromatic heterocycles. The number of hydrogen-bond donors (Lipinski definition) is 0. The second-order valence-corrected chi connectivity index (χ2v) is 5.18. The maximum Gasteiger partial charge on any atom is 0.135 e. The summed E-state index contributed by atoms with van der Waals surface area (Å²) in [4.78, 5) is 0. The molecule has 0 saturated carbocycles. The molecule has 2 aromatic rings. The molecule has 1 aliphatic carbocycles. The summed E-state index contributed by atoms with van der Waals surface area (Å²) in [6.07, 6.45) is 0. The molecule has 2 aliphatic rings. The third-order valence-corrected chi connectivity index (χ3v) is 3.73. The van der Waals surface area contributed by atoms with Crippen LogP contribution in [0.3, 0.4) is 0 Å². The lowest BCUT2D eigenvalue weighted by Gasteiger charge is -2.05. The zero-order valence-electron chi connectivity index (χ0n) is 11.3. The van der Waals surface area contributed by atoms with Gasteiger partial charge in [-0.15, -0.1) is 0 Å². The topological polar surface area (TPSA) is 13.1 Å². The number of rotatable bonds is 1. The van der Waals surface area contributed by atoms with Gasteiger partial charge in [-0.3, -0.25) is 0 Å². The second kappa shape index (κ2) is 4.24. The van der Waals surface area contributed by atoms with Gasteiger partial charge in [-0.1, -0.05) is 48.0 Å². The SMILES string of the molecule is Cc1cccc(-c2ccc3c4ccccc4cc-3o2)c1. The lowest BCUT2D eigenvalue weighted by Crippen LogP contribution is -1.81. The highest BCUT2D eigenvalue weighted by Gasteiger charge is 2.13. The zero-order chi connectivity index (χ0) is 13.5. The van der Waals surface area contributed by atoms with Crippen LogP contribution in [0, 0.1) is 6.92 Å². The van der Waals surface area contributed by atoms with Crippen LogP contribution >= 0.6 is 0 Å². The van der Waals surface area contributed by atoms with Crippen LogP contribution in [-0.2, 0) is 0 Å². The summed E-state index contributed by atoms with van der Waals surface area (Å²) in [5, 5.41) is 2.48. The van der Waals surface area contributed by atoms with Crippen molar-refractivity contribution in [3.05, 3.63) is 72.3 Å². The van der Waals surface area contributed by atoms with Crippen molar-refractivity contribution in [3.8, 4) is 22.6 Å². The van der Waals surface area contributed by atoms with Crippen LogP contribution in [0.4, 0.5) is 0 Å². The quantitative estimate of drug-likeness (QED) is 0.438. The molecule has 96 valence electrons. The molecule has 1 aliphatic heterocycles. The maximum absolute atomic E-state index is 6.09. The van der Waals surface area contributed by atoms with Crippen molar-refractivity contribution < 1.29 is 4.42 Å². The first-order chi connectivity index (χ1) is 9.81. The molecule has 0 atom stereocenters. The van der Waals surface area contributed by atoms with Gasteiger partial charge in [0.15, 0.2) is 0 Å². The fourth-order valence-corrected chi connectivity index (χ4v) is 2.74. The molecule has 1 heteroatoms. The smallest absolute Gasteiger partial charge is 0.135 e. The predicted octanol–water partition coefficient (Wildman–Crippen LogP) is 5.51. The molecule has 0 radical (unpaired) electrons. The standard InChI is InChI=1S/C19H14O/c1-13-5-4-7-15(11-13)18-10-9-17-16-8-3-2-6-14(16)12-19(17)20-18/h2-12H,1H3. The van der Waals surface area contributed by atoms with Crippen LogP contribution in [0.15, 0.2) is 71.1 Å². The van der Waals surface area contributed by atoms with Crippen molar-refractivity contribution in [2.75, 3.05) is 0 Å². The molecular weight excluding hydrogens is 244 g/mol. The molecule has 0 spiro atoms. The van der Waals surface area contributed by atoms with E-state index in [1.807, 2.05) is 0 Å². The molecule has 0 N–H and O–H groups in total. The first-order valence-electron chi connectivity index (χ1n) is 6.79. The van der Waals surface area contributed by atoms with Crippen molar-refractivity contribution in [1.29, 1.82) is 0 Å². The lowest BCUT2D eigenvalue weighted by molar-refractivity contribution is 0.583. The van der Waals surface area contributed by atoms with E-state index < -0.39 is 0 Å². The highest BCUT2D eigenvalue weighted by atomic mass is 16.3. The van der Waals surface area contributed by atoms with Crippen molar-refractivity contribution in [2.24, 2.45) is 0 Å². The average molecular weight is 258 g/mol. The number of aryl methyl sites for hydroxylation is 1. The van der Waals surface area contributed by atoms with E-state index in [-0.39, 0.29) is 0 Å². The van der Waals surface area contributed by atoms with Gasteiger partial charge < -0.3 is 4.42 Å². The Bertz CT molecular complexity index is 870. The fraction of sp³-hybridized carbons (Fsp3) is 0.0526. The van der Waals surface area contributed by atoms with Gasteiger partial charge in [0.1, 0.15) is 11.5 Å². The van der Waals surface area contributed by atoms with Crippen LogP contribution < -0.4 is 0 Å². The van der Waals surface area contributed by atoms with Gasteiger partial charge in [-0.25, -0.2) is 0 Å². The normalized spacial score (nSPS) is 11.2. The Morgan fingerprint density at radius 2 is 1.65 bits per heavy atom. The molecule has 0 fully saturated rings. The number of benzene rings is 2. The van der Waals surface area contributed by atoms with Crippen LogP contribution in [-0.4, -0.2) is 0 Å². The molecule has 1 heterocycles. The highest BCUT2D eigenvalue weighted by Crippen LogP contribution is 2.36. The van der Waals surface area contributed by atoms with Gasteiger partial charge in [0.05, 0.1) is 0 Å². The molecule has 2 aromatic carbocycles. The highest BCUT2D eigenvalue weighted by molar-refractivity contribution is 6.00. The van der Waals surface area contributed by atoms with E-state index in [0.29, 0.717) is 0 Å². The van der Waals surface area contributed by atoms with E-state index in [2.05, 4.69) is 73.7 Å². The summed E-state index contributed by atoms with van der Waals surface area (Å²) in [6, 6.07) is 23.1. The van der Waals surface area contributed by atoms with Crippen molar-refractivity contribution in [2.45, 2.75) is 6.92 Å². The Morgan fingerprint density at radius 1 is 0.750 bits per heavy atom. The maximum atomic E-state index is 6.09. The van der Waals surface area contributed by atoms with Crippen molar-refractivity contribution in [1.82, 2.24) is 0 Å². The number of hydrogen-bond acceptors (Lipinski definition) is 1. The summed E-state index contributed by atoms with van der Waals surface area (Å²) in [5.41, 5.74) is 3.54. The first-order valence-corrected chi connectivity index (χ1v) is 6.79. The second-order valence-electron chi connectivity index (χ2n) is 5.18. The summed E-state index contributed by atoms with van der Waals surface area (Å²) in [5.74, 6) is 1.86. The molecule has 1 nitrogen and oxygen atoms in total. The largest absolute Gasteiger partial charge is 0.456 e. The van der Waals surface area contributed by atoms with Gasteiger partial charge in [-0.05, 0) is 42.0 Å². The third-order valence-electron chi connectivity index (χ3n) is 3.73. The van der Waals surface area contributed by atoms with Crippen LogP contribution in [0.25, 0.3) is 33.4 Å². The summed E-state index contributed by atoms with van der Waals surface area (Å²) in [7, 11) is 0. The summed E-state index contributed by atoms with van der Waals surface area (Å²) < 4.78 is 6.09. The van der Waals surface area contributed by atoms with Crippen molar-refractivity contribution in [3.63, 3.8) is 0 Å². The monoisotopic (exact) mass is 258 g/mol. The van der Waals surface area contributed by atoms with E-state index in [1.165, 1.54) is 21.9 Å². The summed E-state index contributed by atoms with van der Waals surface area (Å²) in [6.45, 7) is 2.10. The third kappa shape index (κ3) is 1.71. The molecule has 20 heavy (non-hydrogen) atoms. The Hall–Kier alpha value is -2.54. The van der Waals surface area contributed by atoms with Crippen molar-refractivity contribution >= 4 is 10.8 Å². The predicted molar refractivity (Wildman–Crippen MR) is 83.0 cm³/mol. The molecule has 0 saturated heterocycles. The van der Waals surface area contributed by atoms with E-state index in [0.717, 1.165) is 17.1 Å². The minimum Gasteiger partial charge on any atom is -0.456 e. The molecule has 4 rings (SSSR count). The lowest BCUT2D eigenvalue weighted by atomic mass is 10.1. The van der Waals surface area contributed by atoms with E-state index in [1.54, 1.807) is 0 Å². The first kappa shape index (κ1) is 11.3. The minimum absolute atomic E-state index is 0.913. The van der Waals surface area contributed by atoms with Crippen LogP contribution in [0.1, 0.15) is 5.56 Å².